The van der Waals surface area contributed by atoms with E-state index in [9.17, 15) is 13.2 Å². The number of piperidine rings is 1. The highest BCUT2D eigenvalue weighted by Gasteiger charge is 2.39. The van der Waals surface area contributed by atoms with Gasteiger partial charge in [-0.1, -0.05) is 6.92 Å². The summed E-state index contributed by atoms with van der Waals surface area (Å²) in [6.45, 7) is 11.3. The molecule has 0 amide bonds. The predicted molar refractivity (Wildman–Crippen MR) is 97.3 cm³/mol. The third-order valence-electron chi connectivity index (χ3n) is 4.92. The quantitative estimate of drug-likeness (QED) is 0.811. The average molecular weight is 404 g/mol. The summed E-state index contributed by atoms with van der Waals surface area (Å²) in [5.74, 6) is -1.89. The summed E-state index contributed by atoms with van der Waals surface area (Å²) in [6, 6.07) is 0. The molecule has 1 N–H and O–H groups in total. The van der Waals surface area contributed by atoms with Gasteiger partial charge in [0, 0.05) is 44.0 Å². The lowest BCUT2D eigenvalue weighted by molar-refractivity contribution is -0.192. The van der Waals surface area contributed by atoms with Crippen LogP contribution in [0.1, 0.15) is 25.3 Å². The van der Waals surface area contributed by atoms with E-state index < -0.39 is 12.1 Å². The van der Waals surface area contributed by atoms with Crippen LogP contribution in [0.4, 0.5) is 19.1 Å². The van der Waals surface area contributed by atoms with E-state index in [-0.39, 0.29) is 5.41 Å². The zero-order chi connectivity index (χ0) is 20.8. The molecule has 1 aromatic rings. The Morgan fingerprint density at radius 2 is 1.93 bits per heavy atom. The zero-order valence-electron chi connectivity index (χ0n) is 16.2. The van der Waals surface area contributed by atoms with Gasteiger partial charge in [0.1, 0.15) is 0 Å². The normalized spacial score (nSPS) is 23.7. The Bertz CT molecular complexity index is 642. The van der Waals surface area contributed by atoms with Crippen molar-refractivity contribution in [2.75, 3.05) is 50.8 Å². The number of carboxylic acids is 1. The lowest BCUT2D eigenvalue weighted by atomic mass is 9.80. The topological polar surface area (TPSA) is 78.8 Å². The first kappa shape index (κ1) is 22.4. The Morgan fingerprint density at radius 3 is 2.50 bits per heavy atom. The van der Waals surface area contributed by atoms with Gasteiger partial charge in [0.25, 0.3) is 0 Å². The van der Waals surface area contributed by atoms with Crippen LogP contribution in [0, 0.1) is 12.3 Å². The number of ether oxygens (including phenoxy) is 1. The maximum absolute atomic E-state index is 10.6. The monoisotopic (exact) mass is 404 g/mol. The van der Waals surface area contributed by atoms with E-state index in [4.69, 9.17) is 14.6 Å². The van der Waals surface area contributed by atoms with E-state index in [0.29, 0.717) is 0 Å². The van der Waals surface area contributed by atoms with Gasteiger partial charge in [0.15, 0.2) is 0 Å². The Hall–Kier alpha value is -1.94. The summed E-state index contributed by atoms with van der Waals surface area (Å²) < 4.78 is 37.7. The minimum Gasteiger partial charge on any atom is -0.475 e. The molecule has 1 atom stereocenters. The molecule has 1 aromatic heterocycles. The van der Waals surface area contributed by atoms with Crippen LogP contribution in [0.15, 0.2) is 12.4 Å². The number of aryl methyl sites for hydroxylation is 1. The summed E-state index contributed by atoms with van der Waals surface area (Å²) in [5.41, 5.74) is 1.35. The van der Waals surface area contributed by atoms with Crippen molar-refractivity contribution in [1.82, 2.24) is 14.9 Å². The molecule has 7 nitrogen and oxygen atoms in total. The van der Waals surface area contributed by atoms with Crippen molar-refractivity contribution in [1.29, 1.82) is 0 Å². The van der Waals surface area contributed by atoms with E-state index in [1.165, 1.54) is 12.8 Å². The number of anilines is 1. The molecule has 2 aliphatic rings. The van der Waals surface area contributed by atoms with Gasteiger partial charge in [-0.15, -0.1) is 0 Å². The first-order valence-corrected chi connectivity index (χ1v) is 9.29. The predicted octanol–water partition coefficient (Wildman–Crippen LogP) is 2.36. The Kier molecular flexibility index (Phi) is 7.59. The van der Waals surface area contributed by atoms with Crippen molar-refractivity contribution < 1.29 is 27.8 Å². The van der Waals surface area contributed by atoms with Crippen LogP contribution >= 0.6 is 0 Å². The second-order valence-corrected chi connectivity index (χ2v) is 7.31. The second kappa shape index (κ2) is 9.51. The van der Waals surface area contributed by atoms with E-state index >= 15 is 0 Å². The number of hydrogen-bond acceptors (Lipinski definition) is 6. The summed E-state index contributed by atoms with van der Waals surface area (Å²) in [4.78, 5) is 22.8. The number of likely N-dealkylation sites (N-methyl/N-ethyl adjacent to an activating group) is 1. The van der Waals surface area contributed by atoms with E-state index in [1.54, 1.807) is 0 Å². The molecule has 0 aromatic carbocycles. The summed E-state index contributed by atoms with van der Waals surface area (Å²) in [7, 11) is 0. The Labute approximate surface area is 162 Å². The molecule has 2 fully saturated rings. The van der Waals surface area contributed by atoms with Crippen LogP contribution in [-0.2, 0) is 9.53 Å². The molecule has 2 saturated heterocycles. The van der Waals surface area contributed by atoms with Crippen LogP contribution in [0.5, 0.6) is 0 Å². The molecular formula is C18H27F3N4O3. The van der Waals surface area contributed by atoms with Gasteiger partial charge in [0.2, 0.25) is 5.95 Å². The van der Waals surface area contributed by atoms with Gasteiger partial charge in [0.05, 0.1) is 13.2 Å². The number of rotatable bonds is 2. The molecule has 3 rings (SSSR count). The second-order valence-electron chi connectivity index (χ2n) is 7.31. The molecule has 0 bridgehead atoms. The van der Waals surface area contributed by atoms with Crippen molar-refractivity contribution in [3.05, 3.63) is 18.0 Å². The molecular weight excluding hydrogens is 377 g/mol. The van der Waals surface area contributed by atoms with Gasteiger partial charge in [-0.2, -0.15) is 13.2 Å². The van der Waals surface area contributed by atoms with Gasteiger partial charge in [-0.25, -0.2) is 14.8 Å². The first-order valence-electron chi connectivity index (χ1n) is 9.29. The minimum absolute atomic E-state index is 0.235. The number of carbonyl (C=O) groups is 1. The number of aromatic nitrogens is 2. The van der Waals surface area contributed by atoms with E-state index in [1.807, 2.05) is 19.3 Å². The van der Waals surface area contributed by atoms with Crippen LogP contribution in [0.2, 0.25) is 0 Å². The highest BCUT2D eigenvalue weighted by Crippen LogP contribution is 2.34. The summed E-state index contributed by atoms with van der Waals surface area (Å²) >= 11 is 0. The molecule has 0 aliphatic carbocycles. The molecule has 1 spiro atoms. The average Bonchev–Trinajstić information content (AvgIpc) is 2.84. The highest BCUT2D eigenvalue weighted by atomic mass is 19.4. The molecule has 0 saturated carbocycles. The standard InChI is InChI=1S/C16H26N4O.C2HF3O2/c1-3-19-7-8-21-13-16(11-19)5-4-6-20(12-16)15-17-9-14(2)10-18-15;3-2(4,5)1(6)7/h9-10H,3-8,11-13H2,1-2H3;(H,6,7). The van der Waals surface area contributed by atoms with Crippen molar-refractivity contribution >= 4 is 11.9 Å². The fourth-order valence-corrected chi connectivity index (χ4v) is 3.53. The third-order valence-corrected chi connectivity index (χ3v) is 4.92. The summed E-state index contributed by atoms with van der Waals surface area (Å²) in [6.07, 6.45) is 1.17. The maximum atomic E-state index is 10.6. The van der Waals surface area contributed by atoms with E-state index in [2.05, 4.69) is 26.7 Å². The van der Waals surface area contributed by atoms with Crippen LogP contribution < -0.4 is 4.90 Å². The molecule has 1 unspecified atom stereocenters. The molecule has 10 heteroatoms. The number of carboxylic acid groups (broad SMARTS) is 1. The fourth-order valence-electron chi connectivity index (χ4n) is 3.53. The number of aliphatic carboxylic acids is 1. The largest absolute Gasteiger partial charge is 0.490 e. The third kappa shape index (κ3) is 6.30. The van der Waals surface area contributed by atoms with Crippen molar-refractivity contribution in [3.8, 4) is 0 Å². The van der Waals surface area contributed by atoms with Crippen molar-refractivity contribution in [2.45, 2.75) is 32.9 Å². The van der Waals surface area contributed by atoms with Crippen LogP contribution in [0.3, 0.4) is 0 Å². The minimum atomic E-state index is -5.08. The molecule has 28 heavy (non-hydrogen) atoms. The van der Waals surface area contributed by atoms with Gasteiger partial charge >= 0.3 is 12.1 Å². The zero-order valence-corrected chi connectivity index (χ0v) is 16.2. The van der Waals surface area contributed by atoms with E-state index in [0.717, 1.165) is 57.4 Å². The van der Waals surface area contributed by atoms with Gasteiger partial charge in [-0.3, -0.25) is 0 Å². The Balaban J connectivity index is 0.000000345. The molecule has 2 aliphatic heterocycles. The number of alkyl halides is 3. The van der Waals surface area contributed by atoms with Gasteiger partial charge < -0.3 is 19.6 Å². The van der Waals surface area contributed by atoms with Crippen LogP contribution in [0.25, 0.3) is 0 Å². The lowest BCUT2D eigenvalue weighted by Crippen LogP contribution is -2.51. The fraction of sp³-hybridized carbons (Fsp3) is 0.722. The Morgan fingerprint density at radius 1 is 1.29 bits per heavy atom. The SMILES string of the molecule is CCN1CCOCC2(CCCN(c3ncc(C)cn3)C2)C1.O=C(O)C(F)(F)F. The van der Waals surface area contributed by atoms with Crippen molar-refractivity contribution in [2.24, 2.45) is 5.41 Å². The first-order chi connectivity index (χ1) is 13.1. The lowest BCUT2D eigenvalue weighted by Gasteiger charge is -2.43. The molecule has 0 radical (unpaired) electrons. The summed E-state index contributed by atoms with van der Waals surface area (Å²) in [5, 5.41) is 7.12. The van der Waals surface area contributed by atoms with Crippen LogP contribution in [-0.4, -0.2) is 78.1 Å². The van der Waals surface area contributed by atoms with Gasteiger partial charge in [-0.05, 0) is 31.9 Å². The highest BCUT2D eigenvalue weighted by molar-refractivity contribution is 5.73. The van der Waals surface area contributed by atoms with Crippen molar-refractivity contribution in [3.63, 3.8) is 0 Å². The number of nitrogens with zero attached hydrogens (tertiary/aromatic N) is 4. The number of halogens is 3. The maximum Gasteiger partial charge on any atom is 0.490 e. The molecule has 3 heterocycles. The molecule has 158 valence electrons. The number of hydrogen-bond donors (Lipinski definition) is 1. The smallest absolute Gasteiger partial charge is 0.475 e.